The summed E-state index contributed by atoms with van der Waals surface area (Å²) in [5.74, 6) is -0.145. The molecule has 0 radical (unpaired) electrons. The highest BCUT2D eigenvalue weighted by Crippen LogP contribution is 2.21. The summed E-state index contributed by atoms with van der Waals surface area (Å²) in [6, 6.07) is 14.5. The molecular weight excluding hydrogens is 415 g/mol. The number of morpholine rings is 1. The van der Waals surface area contributed by atoms with E-state index in [0.29, 0.717) is 17.4 Å². The Morgan fingerprint density at radius 1 is 1.13 bits per heavy atom. The van der Waals surface area contributed by atoms with Crippen LogP contribution in [0.1, 0.15) is 11.1 Å². The maximum Gasteiger partial charge on any atom is 0.230 e. The van der Waals surface area contributed by atoms with Crippen LogP contribution in [0.25, 0.3) is 5.69 Å². The molecule has 0 spiro atoms. The van der Waals surface area contributed by atoms with E-state index in [1.54, 1.807) is 29.1 Å². The number of thioether (sulfide) groups is 1. The molecule has 4 rings (SSSR count). The van der Waals surface area contributed by atoms with Gasteiger partial charge in [0.05, 0.1) is 24.7 Å². The van der Waals surface area contributed by atoms with Crippen molar-refractivity contribution < 1.29 is 13.9 Å². The number of rotatable bonds is 8. The van der Waals surface area contributed by atoms with E-state index in [2.05, 4.69) is 27.3 Å². The van der Waals surface area contributed by atoms with Crippen molar-refractivity contribution in [2.45, 2.75) is 18.2 Å². The predicted molar refractivity (Wildman–Crippen MR) is 119 cm³/mol. The normalized spacial score (nSPS) is 14.5. The van der Waals surface area contributed by atoms with E-state index in [0.717, 1.165) is 38.4 Å². The van der Waals surface area contributed by atoms with Crippen molar-refractivity contribution in [3.8, 4) is 5.69 Å². The maximum atomic E-state index is 13.5. The number of ether oxygens (including phenoxy) is 1. The summed E-state index contributed by atoms with van der Waals surface area (Å²) in [4.78, 5) is 19.1. The fourth-order valence-corrected chi connectivity index (χ4v) is 4.28. The Labute approximate surface area is 185 Å². The van der Waals surface area contributed by atoms with Gasteiger partial charge in [-0.2, -0.15) is 0 Å². The number of amides is 1. The summed E-state index contributed by atoms with van der Waals surface area (Å²) >= 11 is 1.33. The third kappa shape index (κ3) is 5.94. The number of hydrogen-bond donors (Lipinski definition) is 1. The molecule has 6 nitrogen and oxygen atoms in total. The summed E-state index contributed by atoms with van der Waals surface area (Å²) in [6.45, 7) is 4.72. The Bertz CT molecular complexity index is 1020. The highest BCUT2D eigenvalue weighted by molar-refractivity contribution is 7.99. The minimum atomic E-state index is -0.310. The van der Waals surface area contributed by atoms with E-state index in [9.17, 15) is 9.18 Å². The average molecular weight is 441 g/mol. The molecule has 8 heteroatoms. The van der Waals surface area contributed by atoms with Crippen LogP contribution in [0.4, 0.5) is 4.39 Å². The molecule has 1 N–H and O–H groups in total. The Kier molecular flexibility index (Phi) is 7.35. The number of nitrogens with one attached hydrogen (secondary N) is 1. The molecule has 0 atom stereocenters. The van der Waals surface area contributed by atoms with Gasteiger partial charge in [0.15, 0.2) is 5.16 Å². The number of carbonyl (C=O) groups excluding carboxylic acids is 1. The van der Waals surface area contributed by atoms with Crippen LogP contribution in [0.5, 0.6) is 0 Å². The van der Waals surface area contributed by atoms with Crippen molar-refractivity contribution in [1.29, 1.82) is 0 Å². The fourth-order valence-electron chi connectivity index (χ4n) is 3.48. The Morgan fingerprint density at radius 2 is 1.94 bits per heavy atom. The van der Waals surface area contributed by atoms with Gasteiger partial charge in [0.1, 0.15) is 5.82 Å². The number of nitrogens with zero attached hydrogens (tertiary/aromatic N) is 3. The molecule has 0 saturated carbocycles. The summed E-state index contributed by atoms with van der Waals surface area (Å²) in [5, 5.41) is 3.65. The van der Waals surface area contributed by atoms with Crippen molar-refractivity contribution in [3.63, 3.8) is 0 Å². The molecule has 31 heavy (non-hydrogen) atoms. The standard InChI is InChI=1S/C23H25FN4O2S/c24-20-6-3-7-21(14-20)28-9-8-25-23(28)31-17-22(29)26-15-18-4-1-2-5-19(18)16-27-10-12-30-13-11-27/h1-9,14H,10-13,15-17H2,(H,26,29). The van der Waals surface area contributed by atoms with Crippen LogP contribution in [-0.2, 0) is 22.6 Å². The molecule has 2 heterocycles. The quantitative estimate of drug-likeness (QED) is 0.545. The largest absolute Gasteiger partial charge is 0.379 e. The van der Waals surface area contributed by atoms with Gasteiger partial charge in [-0.1, -0.05) is 42.1 Å². The van der Waals surface area contributed by atoms with E-state index in [4.69, 9.17) is 4.74 Å². The van der Waals surface area contributed by atoms with Gasteiger partial charge in [-0.25, -0.2) is 9.37 Å². The molecule has 2 aromatic carbocycles. The number of hydrogen-bond acceptors (Lipinski definition) is 5. The summed E-state index contributed by atoms with van der Waals surface area (Å²) in [6.07, 6.45) is 3.41. The number of imidazole rings is 1. The SMILES string of the molecule is O=C(CSc1nccn1-c1cccc(F)c1)NCc1ccccc1CN1CCOCC1. The fraction of sp³-hybridized carbons (Fsp3) is 0.304. The van der Waals surface area contributed by atoms with Gasteiger partial charge in [-0.05, 0) is 29.3 Å². The Morgan fingerprint density at radius 3 is 2.74 bits per heavy atom. The van der Waals surface area contributed by atoms with Crippen molar-refractivity contribution in [2.24, 2.45) is 0 Å². The van der Waals surface area contributed by atoms with E-state index < -0.39 is 0 Å². The monoisotopic (exact) mass is 440 g/mol. The molecule has 0 bridgehead atoms. The van der Waals surface area contributed by atoms with E-state index in [1.165, 1.54) is 29.5 Å². The van der Waals surface area contributed by atoms with Crippen LogP contribution in [0.15, 0.2) is 66.1 Å². The van der Waals surface area contributed by atoms with Gasteiger partial charge >= 0.3 is 0 Å². The van der Waals surface area contributed by atoms with E-state index >= 15 is 0 Å². The zero-order chi connectivity index (χ0) is 21.5. The third-order valence-corrected chi connectivity index (χ3v) is 6.08. The van der Waals surface area contributed by atoms with Gasteiger partial charge in [0.2, 0.25) is 5.91 Å². The van der Waals surface area contributed by atoms with E-state index in [-0.39, 0.29) is 17.5 Å². The summed E-state index contributed by atoms with van der Waals surface area (Å²) in [7, 11) is 0. The van der Waals surface area contributed by atoms with Gasteiger partial charge in [-0.3, -0.25) is 14.3 Å². The molecule has 162 valence electrons. The van der Waals surface area contributed by atoms with Crippen molar-refractivity contribution in [3.05, 3.63) is 77.9 Å². The molecule has 3 aromatic rings. The molecular formula is C23H25FN4O2S. The summed E-state index contributed by atoms with van der Waals surface area (Å²) in [5.41, 5.74) is 3.02. The van der Waals surface area contributed by atoms with Crippen LogP contribution in [0.2, 0.25) is 0 Å². The lowest BCUT2D eigenvalue weighted by molar-refractivity contribution is -0.118. The van der Waals surface area contributed by atoms with Crippen LogP contribution in [-0.4, -0.2) is 52.4 Å². The minimum Gasteiger partial charge on any atom is -0.379 e. The van der Waals surface area contributed by atoms with E-state index in [1.807, 2.05) is 12.1 Å². The smallest absolute Gasteiger partial charge is 0.230 e. The molecule has 1 aliphatic heterocycles. The lowest BCUT2D eigenvalue weighted by Gasteiger charge is -2.27. The average Bonchev–Trinajstić information content (AvgIpc) is 3.26. The summed E-state index contributed by atoms with van der Waals surface area (Å²) < 4.78 is 20.7. The first kappa shape index (κ1) is 21.5. The van der Waals surface area contributed by atoms with Crippen LogP contribution < -0.4 is 5.32 Å². The first-order chi connectivity index (χ1) is 15.2. The van der Waals surface area contributed by atoms with Gasteiger partial charge < -0.3 is 10.1 Å². The molecule has 1 aliphatic rings. The van der Waals surface area contributed by atoms with Crippen LogP contribution in [0.3, 0.4) is 0 Å². The molecule has 1 amide bonds. The highest BCUT2D eigenvalue weighted by atomic mass is 32.2. The molecule has 1 aromatic heterocycles. The van der Waals surface area contributed by atoms with Crippen molar-refractivity contribution in [1.82, 2.24) is 19.8 Å². The molecule has 1 fully saturated rings. The number of carbonyl (C=O) groups is 1. The predicted octanol–water partition coefficient (Wildman–Crippen LogP) is 3.25. The molecule has 0 aliphatic carbocycles. The second-order valence-electron chi connectivity index (χ2n) is 7.28. The second-order valence-corrected chi connectivity index (χ2v) is 8.22. The van der Waals surface area contributed by atoms with Gasteiger partial charge in [-0.15, -0.1) is 0 Å². The maximum absolute atomic E-state index is 13.5. The third-order valence-electron chi connectivity index (χ3n) is 5.12. The zero-order valence-corrected chi connectivity index (χ0v) is 18.0. The second kappa shape index (κ2) is 10.6. The van der Waals surface area contributed by atoms with Gasteiger partial charge in [0, 0.05) is 38.6 Å². The first-order valence-electron chi connectivity index (χ1n) is 10.2. The lowest BCUT2D eigenvalue weighted by atomic mass is 10.1. The van der Waals surface area contributed by atoms with Crippen molar-refractivity contribution >= 4 is 17.7 Å². The first-order valence-corrected chi connectivity index (χ1v) is 11.2. The number of halogens is 1. The minimum absolute atomic E-state index is 0.0695. The molecule has 0 unspecified atom stereocenters. The lowest BCUT2D eigenvalue weighted by Crippen LogP contribution is -2.36. The Hall–Kier alpha value is -2.68. The van der Waals surface area contributed by atoms with Crippen LogP contribution >= 0.6 is 11.8 Å². The van der Waals surface area contributed by atoms with Crippen LogP contribution in [0, 0.1) is 5.82 Å². The topological polar surface area (TPSA) is 59.4 Å². The Balaban J connectivity index is 1.31. The zero-order valence-electron chi connectivity index (χ0n) is 17.2. The van der Waals surface area contributed by atoms with Crippen molar-refractivity contribution in [2.75, 3.05) is 32.1 Å². The molecule has 1 saturated heterocycles. The van der Waals surface area contributed by atoms with Gasteiger partial charge in [0.25, 0.3) is 0 Å². The highest BCUT2D eigenvalue weighted by Gasteiger charge is 2.14. The number of benzene rings is 2. The number of aromatic nitrogens is 2.